The van der Waals surface area contributed by atoms with Crippen LogP contribution in [-0.2, 0) is 10.5 Å². The number of amides is 2. The smallest absolute Gasteiger partial charge is 0.251 e. The van der Waals surface area contributed by atoms with Crippen molar-refractivity contribution in [2.75, 3.05) is 24.4 Å². The van der Waals surface area contributed by atoms with E-state index in [-0.39, 0.29) is 11.8 Å². The monoisotopic (exact) mass is 360 g/mol. The molecule has 0 bridgehead atoms. The van der Waals surface area contributed by atoms with Crippen molar-refractivity contribution in [3.63, 3.8) is 0 Å². The van der Waals surface area contributed by atoms with Gasteiger partial charge >= 0.3 is 0 Å². The molecule has 2 aromatic carbocycles. The molecule has 0 unspecified atom stereocenters. The fraction of sp³-hybridized carbons (Fsp3) is 0.222. The third kappa shape index (κ3) is 5.62. The standard InChI is InChI=1S/C18H20N2O2S2/c1-19-18(22)14-5-7-15(8-6-14)20-17(21)12-24-11-13-3-9-16(23-2)10-4-13/h3-10H,11-12H2,1-2H3,(H,19,22)(H,20,21). The lowest BCUT2D eigenvalue weighted by atomic mass is 10.2. The molecule has 0 heterocycles. The van der Waals surface area contributed by atoms with Crippen molar-refractivity contribution in [3.8, 4) is 0 Å². The van der Waals surface area contributed by atoms with Crippen molar-refractivity contribution in [1.29, 1.82) is 0 Å². The molecule has 6 heteroatoms. The van der Waals surface area contributed by atoms with E-state index in [1.165, 1.54) is 10.5 Å². The Hall–Kier alpha value is -1.92. The summed E-state index contributed by atoms with van der Waals surface area (Å²) in [6.07, 6.45) is 2.05. The van der Waals surface area contributed by atoms with Crippen LogP contribution in [0.5, 0.6) is 0 Å². The van der Waals surface area contributed by atoms with E-state index in [1.807, 2.05) is 0 Å². The van der Waals surface area contributed by atoms with Crippen molar-refractivity contribution in [3.05, 3.63) is 59.7 Å². The zero-order valence-corrected chi connectivity index (χ0v) is 15.3. The Bertz CT molecular complexity index is 685. The Balaban J connectivity index is 1.77. The van der Waals surface area contributed by atoms with E-state index in [1.54, 1.807) is 54.8 Å². The van der Waals surface area contributed by atoms with Crippen LogP contribution in [0.3, 0.4) is 0 Å². The Labute approximate surface area is 150 Å². The molecule has 0 aliphatic heterocycles. The number of carbonyl (C=O) groups excluding carboxylic acids is 2. The summed E-state index contributed by atoms with van der Waals surface area (Å²) in [5, 5.41) is 5.40. The van der Waals surface area contributed by atoms with E-state index in [0.717, 1.165) is 5.75 Å². The molecular weight excluding hydrogens is 340 g/mol. The molecule has 0 atom stereocenters. The van der Waals surface area contributed by atoms with Gasteiger partial charge in [-0.15, -0.1) is 23.5 Å². The Morgan fingerprint density at radius 1 is 1.00 bits per heavy atom. The highest BCUT2D eigenvalue weighted by atomic mass is 32.2. The summed E-state index contributed by atoms with van der Waals surface area (Å²) in [5.41, 5.74) is 2.47. The normalized spacial score (nSPS) is 10.2. The predicted molar refractivity (Wildman–Crippen MR) is 103 cm³/mol. The maximum atomic E-state index is 12.0. The summed E-state index contributed by atoms with van der Waals surface area (Å²) >= 11 is 3.29. The van der Waals surface area contributed by atoms with Crippen molar-refractivity contribution < 1.29 is 9.59 Å². The molecule has 0 aliphatic rings. The third-order valence-corrected chi connectivity index (χ3v) is 5.07. The Morgan fingerprint density at radius 2 is 1.67 bits per heavy atom. The highest BCUT2D eigenvalue weighted by molar-refractivity contribution is 7.99. The first-order chi connectivity index (χ1) is 11.6. The van der Waals surface area contributed by atoms with Gasteiger partial charge in [0, 0.05) is 28.9 Å². The van der Waals surface area contributed by atoms with Gasteiger partial charge in [-0.25, -0.2) is 0 Å². The van der Waals surface area contributed by atoms with Crippen LogP contribution < -0.4 is 10.6 Å². The van der Waals surface area contributed by atoms with Gasteiger partial charge in [0.25, 0.3) is 5.91 Å². The molecule has 126 valence electrons. The van der Waals surface area contributed by atoms with Crippen molar-refractivity contribution >= 4 is 41.0 Å². The van der Waals surface area contributed by atoms with Crippen LogP contribution in [0, 0.1) is 0 Å². The first-order valence-electron chi connectivity index (χ1n) is 7.45. The molecule has 2 aromatic rings. The van der Waals surface area contributed by atoms with Gasteiger partial charge in [-0.05, 0) is 48.2 Å². The maximum absolute atomic E-state index is 12.0. The molecule has 2 rings (SSSR count). The second kappa shape index (κ2) is 9.39. The zero-order chi connectivity index (χ0) is 17.4. The fourth-order valence-corrected chi connectivity index (χ4v) is 3.23. The minimum absolute atomic E-state index is 0.0478. The second-order valence-electron chi connectivity index (χ2n) is 5.05. The van der Waals surface area contributed by atoms with E-state index in [0.29, 0.717) is 17.0 Å². The van der Waals surface area contributed by atoms with Gasteiger partial charge in [-0.1, -0.05) is 12.1 Å². The van der Waals surface area contributed by atoms with Crippen LogP contribution in [0.15, 0.2) is 53.4 Å². The lowest BCUT2D eigenvalue weighted by Gasteiger charge is -2.07. The molecule has 0 radical (unpaired) electrons. The summed E-state index contributed by atoms with van der Waals surface area (Å²) in [4.78, 5) is 24.7. The van der Waals surface area contributed by atoms with Crippen LogP contribution >= 0.6 is 23.5 Å². The van der Waals surface area contributed by atoms with Gasteiger partial charge in [0.1, 0.15) is 0 Å². The van der Waals surface area contributed by atoms with Crippen LogP contribution in [0.4, 0.5) is 5.69 Å². The Morgan fingerprint density at radius 3 is 2.25 bits per heavy atom. The first-order valence-corrected chi connectivity index (χ1v) is 9.83. The third-order valence-electron chi connectivity index (χ3n) is 3.32. The van der Waals surface area contributed by atoms with E-state index < -0.39 is 0 Å². The summed E-state index contributed by atoms with van der Waals surface area (Å²) in [6, 6.07) is 15.2. The van der Waals surface area contributed by atoms with Gasteiger partial charge in [0.15, 0.2) is 0 Å². The number of hydrogen-bond acceptors (Lipinski definition) is 4. The van der Waals surface area contributed by atoms with Gasteiger partial charge in [-0.3, -0.25) is 9.59 Å². The number of rotatable bonds is 7. The SMILES string of the molecule is CNC(=O)c1ccc(NC(=O)CSCc2ccc(SC)cc2)cc1. The van der Waals surface area contributed by atoms with E-state index in [2.05, 4.69) is 41.2 Å². The van der Waals surface area contributed by atoms with E-state index >= 15 is 0 Å². The average Bonchev–Trinajstić information content (AvgIpc) is 2.62. The molecule has 0 saturated carbocycles. The molecule has 0 aliphatic carbocycles. The van der Waals surface area contributed by atoms with Gasteiger partial charge in [0.05, 0.1) is 5.75 Å². The Kier molecular flexibility index (Phi) is 7.21. The maximum Gasteiger partial charge on any atom is 0.251 e. The number of benzene rings is 2. The molecule has 24 heavy (non-hydrogen) atoms. The molecule has 2 N–H and O–H groups in total. The average molecular weight is 361 g/mol. The zero-order valence-electron chi connectivity index (χ0n) is 13.7. The van der Waals surface area contributed by atoms with Gasteiger partial charge in [0.2, 0.25) is 5.91 Å². The highest BCUT2D eigenvalue weighted by Crippen LogP contribution is 2.18. The van der Waals surface area contributed by atoms with Crippen LogP contribution in [0.1, 0.15) is 15.9 Å². The highest BCUT2D eigenvalue weighted by Gasteiger charge is 2.05. The first kappa shape index (κ1) is 18.4. The summed E-state index contributed by atoms with van der Waals surface area (Å²) in [7, 11) is 1.59. The lowest BCUT2D eigenvalue weighted by molar-refractivity contribution is -0.113. The van der Waals surface area contributed by atoms with E-state index in [9.17, 15) is 9.59 Å². The van der Waals surface area contributed by atoms with Gasteiger partial charge < -0.3 is 10.6 Å². The number of carbonyl (C=O) groups is 2. The number of anilines is 1. The van der Waals surface area contributed by atoms with Crippen molar-refractivity contribution in [1.82, 2.24) is 5.32 Å². The molecule has 2 amide bonds. The molecular formula is C18H20N2O2S2. The van der Waals surface area contributed by atoms with Crippen LogP contribution in [0.25, 0.3) is 0 Å². The molecule has 4 nitrogen and oxygen atoms in total. The minimum Gasteiger partial charge on any atom is -0.355 e. The van der Waals surface area contributed by atoms with Gasteiger partial charge in [-0.2, -0.15) is 0 Å². The second-order valence-corrected chi connectivity index (χ2v) is 6.91. The summed E-state index contributed by atoms with van der Waals surface area (Å²) in [5.74, 6) is 1.00. The summed E-state index contributed by atoms with van der Waals surface area (Å²) in [6.45, 7) is 0. The van der Waals surface area contributed by atoms with Crippen molar-refractivity contribution in [2.45, 2.75) is 10.6 Å². The van der Waals surface area contributed by atoms with Crippen molar-refractivity contribution in [2.24, 2.45) is 0 Å². The fourth-order valence-electron chi connectivity index (χ4n) is 2.03. The minimum atomic E-state index is -0.143. The van der Waals surface area contributed by atoms with Crippen LogP contribution in [0.2, 0.25) is 0 Å². The van der Waals surface area contributed by atoms with E-state index in [4.69, 9.17) is 0 Å². The summed E-state index contributed by atoms with van der Waals surface area (Å²) < 4.78 is 0. The number of nitrogens with one attached hydrogen (secondary N) is 2. The predicted octanol–water partition coefficient (Wildman–Crippen LogP) is 3.64. The van der Waals surface area contributed by atoms with Crippen LogP contribution in [-0.4, -0.2) is 30.9 Å². The molecule has 0 fully saturated rings. The molecule has 0 saturated heterocycles. The lowest BCUT2D eigenvalue weighted by Crippen LogP contribution is -2.18. The largest absolute Gasteiger partial charge is 0.355 e. The quantitative estimate of drug-likeness (QED) is 0.740. The number of hydrogen-bond donors (Lipinski definition) is 2. The molecule has 0 spiro atoms. The molecule has 0 aromatic heterocycles. The number of thioether (sulfide) groups is 2. The topological polar surface area (TPSA) is 58.2 Å².